The Morgan fingerprint density at radius 2 is 2.05 bits per heavy atom. The average Bonchev–Trinajstić information content (AvgIpc) is 3.09. The number of hydrogen-bond donors (Lipinski definition) is 2. The zero-order valence-electron chi connectivity index (χ0n) is 11.2. The van der Waals surface area contributed by atoms with Crippen LogP contribution in [0.1, 0.15) is 10.5 Å². The highest BCUT2D eigenvalue weighted by molar-refractivity contribution is 6.30. The van der Waals surface area contributed by atoms with Gasteiger partial charge >= 0.3 is 0 Å². The van der Waals surface area contributed by atoms with Gasteiger partial charge in [-0.3, -0.25) is 14.6 Å². The molecule has 0 radical (unpaired) electrons. The normalized spacial score (nSPS) is 10.6. The molecular weight excluding hydrogens is 290 g/mol. The van der Waals surface area contributed by atoms with E-state index in [0.717, 1.165) is 5.56 Å². The van der Waals surface area contributed by atoms with Crippen molar-refractivity contribution in [1.82, 2.24) is 20.0 Å². The fourth-order valence-corrected chi connectivity index (χ4v) is 2.00. The van der Waals surface area contributed by atoms with Gasteiger partial charge in [0.15, 0.2) is 5.82 Å². The van der Waals surface area contributed by atoms with E-state index in [4.69, 9.17) is 11.6 Å². The molecule has 6 nitrogen and oxygen atoms in total. The minimum Gasteiger partial charge on any atom is -0.304 e. The van der Waals surface area contributed by atoms with Crippen LogP contribution < -0.4 is 5.32 Å². The lowest BCUT2D eigenvalue weighted by Gasteiger charge is -1.98. The number of hydrogen-bond acceptors (Lipinski definition) is 3. The highest BCUT2D eigenvalue weighted by Crippen LogP contribution is 2.20. The van der Waals surface area contributed by atoms with E-state index in [1.807, 2.05) is 12.1 Å². The molecule has 0 spiro atoms. The van der Waals surface area contributed by atoms with Crippen LogP contribution >= 0.6 is 11.6 Å². The summed E-state index contributed by atoms with van der Waals surface area (Å²) in [5.74, 6) is 0.201. The van der Waals surface area contributed by atoms with Gasteiger partial charge in [0, 0.05) is 29.9 Å². The maximum atomic E-state index is 12.1. The predicted octanol–water partition coefficient (Wildman–Crippen LogP) is 2.72. The summed E-state index contributed by atoms with van der Waals surface area (Å²) in [5, 5.41) is 14.3. The molecule has 106 valence electrons. The van der Waals surface area contributed by atoms with Crippen molar-refractivity contribution in [3.05, 3.63) is 53.3 Å². The van der Waals surface area contributed by atoms with Crippen molar-refractivity contribution >= 4 is 23.3 Å². The van der Waals surface area contributed by atoms with Gasteiger partial charge in [-0.2, -0.15) is 10.2 Å². The summed E-state index contributed by atoms with van der Waals surface area (Å²) in [6.45, 7) is 0. The first kappa shape index (κ1) is 13.4. The number of carbonyl (C=O) groups excluding carboxylic acids is 1. The standard InChI is InChI=1S/C14H12ClN5O/c1-20-7-6-13(19-20)16-14(21)12-8-11(17-18-12)9-2-4-10(15)5-3-9/h2-8H,1H3,(H,17,18)(H,16,19,21). The summed E-state index contributed by atoms with van der Waals surface area (Å²) in [6.07, 6.45) is 1.75. The summed E-state index contributed by atoms with van der Waals surface area (Å²) in [4.78, 5) is 12.1. The van der Waals surface area contributed by atoms with E-state index in [9.17, 15) is 4.79 Å². The van der Waals surface area contributed by atoms with Crippen LogP contribution in [0.3, 0.4) is 0 Å². The van der Waals surface area contributed by atoms with Crippen LogP contribution in [0.5, 0.6) is 0 Å². The Balaban J connectivity index is 1.78. The summed E-state index contributed by atoms with van der Waals surface area (Å²) in [6, 6.07) is 10.6. The number of nitrogens with zero attached hydrogens (tertiary/aromatic N) is 3. The molecule has 0 aliphatic rings. The Morgan fingerprint density at radius 1 is 1.29 bits per heavy atom. The molecule has 2 aromatic heterocycles. The number of anilines is 1. The number of nitrogens with one attached hydrogen (secondary N) is 2. The highest BCUT2D eigenvalue weighted by atomic mass is 35.5. The van der Waals surface area contributed by atoms with Gasteiger partial charge in [0.1, 0.15) is 5.69 Å². The number of rotatable bonds is 3. The van der Waals surface area contributed by atoms with E-state index in [1.54, 1.807) is 42.2 Å². The van der Waals surface area contributed by atoms with Crippen molar-refractivity contribution in [1.29, 1.82) is 0 Å². The molecule has 0 fully saturated rings. The van der Waals surface area contributed by atoms with Crippen molar-refractivity contribution in [3.8, 4) is 11.3 Å². The number of aryl methyl sites for hydroxylation is 1. The maximum absolute atomic E-state index is 12.1. The lowest BCUT2D eigenvalue weighted by atomic mass is 10.1. The third-order valence-electron chi connectivity index (χ3n) is 2.92. The molecule has 0 saturated carbocycles. The van der Waals surface area contributed by atoms with Crippen LogP contribution in [0, 0.1) is 0 Å². The molecule has 21 heavy (non-hydrogen) atoms. The monoisotopic (exact) mass is 301 g/mol. The molecule has 3 aromatic rings. The molecule has 1 aromatic carbocycles. The maximum Gasteiger partial charge on any atom is 0.274 e. The number of aromatic amines is 1. The summed E-state index contributed by atoms with van der Waals surface area (Å²) >= 11 is 5.85. The molecule has 0 bridgehead atoms. The third-order valence-corrected chi connectivity index (χ3v) is 3.17. The molecule has 1 amide bonds. The van der Waals surface area contributed by atoms with Crippen molar-refractivity contribution in [2.24, 2.45) is 7.05 Å². The first-order valence-electron chi connectivity index (χ1n) is 6.24. The van der Waals surface area contributed by atoms with E-state index in [2.05, 4.69) is 20.6 Å². The second-order valence-electron chi connectivity index (χ2n) is 4.50. The van der Waals surface area contributed by atoms with E-state index >= 15 is 0 Å². The summed E-state index contributed by atoms with van der Waals surface area (Å²) in [5.41, 5.74) is 1.93. The topological polar surface area (TPSA) is 75.6 Å². The van der Waals surface area contributed by atoms with Crippen LogP contribution in [0.15, 0.2) is 42.6 Å². The molecule has 0 saturated heterocycles. The zero-order chi connectivity index (χ0) is 14.8. The Morgan fingerprint density at radius 3 is 2.71 bits per heavy atom. The lowest BCUT2D eigenvalue weighted by molar-refractivity contribution is 0.102. The zero-order valence-corrected chi connectivity index (χ0v) is 11.9. The van der Waals surface area contributed by atoms with Crippen molar-refractivity contribution in [2.75, 3.05) is 5.32 Å². The number of aromatic nitrogens is 4. The molecule has 0 atom stereocenters. The quantitative estimate of drug-likeness (QED) is 0.781. The summed E-state index contributed by atoms with van der Waals surface area (Å²) in [7, 11) is 1.78. The smallest absolute Gasteiger partial charge is 0.274 e. The minimum atomic E-state index is -0.290. The number of benzene rings is 1. The second kappa shape index (κ2) is 5.41. The van der Waals surface area contributed by atoms with Crippen LogP contribution in [-0.4, -0.2) is 25.9 Å². The molecule has 3 rings (SSSR count). The van der Waals surface area contributed by atoms with Gasteiger partial charge in [-0.15, -0.1) is 0 Å². The van der Waals surface area contributed by atoms with Crippen molar-refractivity contribution in [2.45, 2.75) is 0 Å². The van der Waals surface area contributed by atoms with Gasteiger partial charge in [-0.05, 0) is 18.2 Å². The first-order chi connectivity index (χ1) is 10.1. The molecule has 0 unspecified atom stereocenters. The van der Waals surface area contributed by atoms with E-state index in [0.29, 0.717) is 22.2 Å². The van der Waals surface area contributed by atoms with Crippen molar-refractivity contribution in [3.63, 3.8) is 0 Å². The van der Waals surface area contributed by atoms with Gasteiger partial charge in [0.25, 0.3) is 5.91 Å². The van der Waals surface area contributed by atoms with Crippen LogP contribution in [0.25, 0.3) is 11.3 Å². The van der Waals surface area contributed by atoms with E-state index in [1.165, 1.54) is 0 Å². The number of halogens is 1. The van der Waals surface area contributed by atoms with Gasteiger partial charge in [0.05, 0.1) is 5.69 Å². The van der Waals surface area contributed by atoms with Crippen LogP contribution in [-0.2, 0) is 7.05 Å². The fourth-order valence-electron chi connectivity index (χ4n) is 1.87. The Bertz CT molecular complexity index is 775. The third kappa shape index (κ3) is 2.95. The molecular formula is C14H12ClN5O. The molecule has 2 heterocycles. The minimum absolute atomic E-state index is 0.290. The predicted molar refractivity (Wildman–Crippen MR) is 80.2 cm³/mol. The molecule has 0 aliphatic carbocycles. The SMILES string of the molecule is Cn1ccc(NC(=O)c2cc(-c3ccc(Cl)cc3)n[nH]2)n1. The number of amides is 1. The second-order valence-corrected chi connectivity index (χ2v) is 4.94. The Labute approximate surface area is 125 Å². The lowest BCUT2D eigenvalue weighted by Crippen LogP contribution is -2.12. The molecule has 7 heteroatoms. The van der Waals surface area contributed by atoms with Crippen LogP contribution in [0.4, 0.5) is 5.82 Å². The number of H-pyrrole nitrogens is 1. The van der Waals surface area contributed by atoms with Crippen LogP contribution in [0.2, 0.25) is 5.02 Å². The van der Waals surface area contributed by atoms with Gasteiger partial charge in [-0.1, -0.05) is 23.7 Å². The van der Waals surface area contributed by atoms with E-state index < -0.39 is 0 Å². The van der Waals surface area contributed by atoms with Gasteiger partial charge in [0.2, 0.25) is 0 Å². The molecule has 2 N–H and O–H groups in total. The van der Waals surface area contributed by atoms with Gasteiger partial charge < -0.3 is 5.32 Å². The van der Waals surface area contributed by atoms with Crippen molar-refractivity contribution < 1.29 is 4.79 Å². The van der Waals surface area contributed by atoms with Gasteiger partial charge in [-0.25, -0.2) is 0 Å². The largest absolute Gasteiger partial charge is 0.304 e. The van der Waals surface area contributed by atoms with E-state index in [-0.39, 0.29) is 5.91 Å². The fraction of sp³-hybridized carbons (Fsp3) is 0.0714. The Hall–Kier alpha value is -2.60. The first-order valence-corrected chi connectivity index (χ1v) is 6.62. The highest BCUT2D eigenvalue weighted by Gasteiger charge is 2.12. The Kier molecular flexibility index (Phi) is 3.45. The average molecular weight is 302 g/mol. The molecule has 0 aliphatic heterocycles. The number of carbonyl (C=O) groups is 1. The summed E-state index contributed by atoms with van der Waals surface area (Å²) < 4.78 is 1.61.